The van der Waals surface area contributed by atoms with E-state index in [0.717, 1.165) is 0 Å². The normalized spacial score (nSPS) is 10.5. The predicted octanol–water partition coefficient (Wildman–Crippen LogP) is 2.48. The van der Waals surface area contributed by atoms with Crippen molar-refractivity contribution < 1.29 is 9.45 Å². The Kier molecular flexibility index (Phi) is 4.19. The van der Waals surface area contributed by atoms with E-state index in [1.54, 1.807) is 30.3 Å². The summed E-state index contributed by atoms with van der Waals surface area (Å²) in [6, 6.07) is 12.6. The number of rotatable bonds is 5. The molecule has 0 aliphatic rings. The topological polar surface area (TPSA) is 169 Å². The van der Waals surface area contributed by atoms with E-state index in [1.165, 1.54) is 18.2 Å². The minimum Gasteiger partial charge on any atom is -0.384 e. The molecule has 0 saturated carbocycles. The zero-order valence-electron chi connectivity index (χ0n) is 13.4. The summed E-state index contributed by atoms with van der Waals surface area (Å²) in [6.45, 7) is 0. The molecule has 0 atom stereocenters. The third-order valence-corrected chi connectivity index (χ3v) is 3.77. The molecule has 0 aliphatic heterocycles. The summed E-state index contributed by atoms with van der Waals surface area (Å²) in [5.41, 5.74) is 12.8. The van der Waals surface area contributed by atoms with E-state index in [0.29, 0.717) is 16.8 Å². The molecule has 6 N–H and O–H groups in total. The molecular weight excluding hydrogens is 336 g/mol. The molecule has 130 valence electrons. The van der Waals surface area contributed by atoms with Crippen molar-refractivity contribution in [3.05, 3.63) is 69.8 Å². The fourth-order valence-electron chi connectivity index (χ4n) is 2.42. The Balaban J connectivity index is 2.01. The highest BCUT2D eigenvalue weighted by Gasteiger charge is 2.21. The van der Waals surface area contributed by atoms with Gasteiger partial charge < -0.3 is 16.0 Å². The third-order valence-electron chi connectivity index (χ3n) is 3.77. The summed E-state index contributed by atoms with van der Waals surface area (Å²) < 4.78 is 5.27. The molecule has 3 aromatic rings. The van der Waals surface area contributed by atoms with Crippen LogP contribution in [-0.2, 0) is 0 Å². The first kappa shape index (κ1) is 16.8. The number of aromatic nitrogens is 1. The quantitative estimate of drug-likeness (QED) is 0.238. The van der Waals surface area contributed by atoms with Crippen LogP contribution in [-0.4, -0.2) is 21.8 Å². The highest BCUT2D eigenvalue weighted by atomic mass is 16.6. The van der Waals surface area contributed by atoms with Crippen molar-refractivity contribution in [2.45, 2.75) is 0 Å². The van der Waals surface area contributed by atoms with Gasteiger partial charge in [0.25, 0.3) is 5.69 Å². The Morgan fingerprint density at radius 1 is 1.00 bits per heavy atom. The van der Waals surface area contributed by atoms with Crippen LogP contribution in [0.25, 0.3) is 22.6 Å². The highest BCUT2D eigenvalue weighted by molar-refractivity contribution is 5.97. The summed E-state index contributed by atoms with van der Waals surface area (Å²) in [4.78, 5) is 10.8. The zero-order valence-corrected chi connectivity index (χ0v) is 13.4. The smallest absolute Gasteiger partial charge is 0.281 e. The number of nitro groups is 1. The van der Waals surface area contributed by atoms with Crippen LogP contribution in [0.5, 0.6) is 0 Å². The van der Waals surface area contributed by atoms with E-state index < -0.39 is 4.92 Å². The molecule has 1 aromatic heterocycles. The van der Waals surface area contributed by atoms with Crippen LogP contribution in [0.2, 0.25) is 0 Å². The van der Waals surface area contributed by atoms with Crippen LogP contribution in [0.3, 0.4) is 0 Å². The lowest BCUT2D eigenvalue weighted by Crippen LogP contribution is -2.11. The van der Waals surface area contributed by atoms with E-state index in [2.05, 4.69) is 5.16 Å². The Labute approximate surface area is 147 Å². The second kappa shape index (κ2) is 6.48. The SMILES string of the molecule is N=C(N)c1ccc(-c2cc(-c3ccc(C(=N)N)cc3[N+](=O)[O-])on2)cc1. The molecule has 1 heterocycles. The van der Waals surface area contributed by atoms with Gasteiger partial charge in [-0.25, -0.2) is 0 Å². The van der Waals surface area contributed by atoms with Crippen LogP contribution >= 0.6 is 0 Å². The Hall–Kier alpha value is -4.01. The van der Waals surface area contributed by atoms with E-state index in [9.17, 15) is 10.1 Å². The molecule has 9 heteroatoms. The van der Waals surface area contributed by atoms with Crippen molar-refractivity contribution in [2.24, 2.45) is 11.5 Å². The van der Waals surface area contributed by atoms with Gasteiger partial charge in [-0.3, -0.25) is 20.9 Å². The number of nitro benzene ring substituents is 1. The summed E-state index contributed by atoms with van der Waals surface area (Å²) in [5.74, 6) is -0.0838. The van der Waals surface area contributed by atoms with Crippen LogP contribution in [0.15, 0.2) is 53.1 Å². The summed E-state index contributed by atoms with van der Waals surface area (Å²) in [6.07, 6.45) is 0. The lowest BCUT2D eigenvalue weighted by atomic mass is 10.0. The summed E-state index contributed by atoms with van der Waals surface area (Å²) in [7, 11) is 0. The molecule has 0 fully saturated rings. The highest BCUT2D eigenvalue weighted by Crippen LogP contribution is 2.33. The van der Waals surface area contributed by atoms with Gasteiger partial charge in [-0.2, -0.15) is 0 Å². The molecule has 3 rings (SSSR count). The Bertz CT molecular complexity index is 1020. The number of hydrogen-bond acceptors (Lipinski definition) is 6. The van der Waals surface area contributed by atoms with Crippen molar-refractivity contribution in [2.75, 3.05) is 0 Å². The van der Waals surface area contributed by atoms with Gasteiger partial charge in [0.15, 0.2) is 5.76 Å². The van der Waals surface area contributed by atoms with E-state index >= 15 is 0 Å². The molecule has 26 heavy (non-hydrogen) atoms. The van der Waals surface area contributed by atoms with E-state index in [-0.39, 0.29) is 34.2 Å². The number of hydrogen-bond donors (Lipinski definition) is 4. The maximum absolute atomic E-state index is 11.3. The van der Waals surface area contributed by atoms with Crippen molar-refractivity contribution >= 4 is 17.4 Å². The average Bonchev–Trinajstić information content (AvgIpc) is 3.11. The predicted molar refractivity (Wildman–Crippen MR) is 96.1 cm³/mol. The molecule has 0 unspecified atom stereocenters. The van der Waals surface area contributed by atoms with Crippen molar-refractivity contribution in [3.8, 4) is 22.6 Å². The number of nitrogens with two attached hydrogens (primary N) is 2. The Morgan fingerprint density at radius 3 is 2.19 bits per heavy atom. The van der Waals surface area contributed by atoms with Crippen molar-refractivity contribution in [1.82, 2.24) is 5.16 Å². The zero-order chi connectivity index (χ0) is 18.8. The van der Waals surface area contributed by atoms with E-state index in [4.69, 9.17) is 26.8 Å². The molecule has 0 spiro atoms. The molecule has 0 amide bonds. The van der Waals surface area contributed by atoms with Crippen LogP contribution in [0.1, 0.15) is 11.1 Å². The minimum absolute atomic E-state index is 0.0430. The number of nitrogens with one attached hydrogen (secondary N) is 2. The molecular formula is C17H14N6O3. The molecule has 2 aromatic carbocycles. The molecule has 0 aliphatic carbocycles. The standard InChI is InChI=1S/C17H14N6O3/c18-16(19)10-3-1-9(2-4-10)13-8-15(26-22-13)12-6-5-11(17(20)21)7-14(12)23(24)25/h1-8H,(H3,18,19)(H3,20,21). The lowest BCUT2D eigenvalue weighted by Gasteiger charge is -2.02. The van der Waals surface area contributed by atoms with Crippen molar-refractivity contribution in [3.63, 3.8) is 0 Å². The molecule has 9 nitrogen and oxygen atoms in total. The molecule has 0 saturated heterocycles. The average molecular weight is 350 g/mol. The maximum atomic E-state index is 11.3. The van der Waals surface area contributed by atoms with Crippen molar-refractivity contribution in [1.29, 1.82) is 10.8 Å². The number of amidine groups is 2. The number of benzene rings is 2. The third kappa shape index (κ3) is 3.13. The Morgan fingerprint density at radius 2 is 1.62 bits per heavy atom. The summed E-state index contributed by atoms with van der Waals surface area (Å²) >= 11 is 0. The lowest BCUT2D eigenvalue weighted by molar-refractivity contribution is -0.384. The second-order valence-corrected chi connectivity index (χ2v) is 5.47. The van der Waals surface area contributed by atoms with Crippen LogP contribution < -0.4 is 11.5 Å². The minimum atomic E-state index is -0.564. The van der Waals surface area contributed by atoms with Gasteiger partial charge in [-0.15, -0.1) is 0 Å². The number of nitrogen functional groups attached to an aromatic ring is 2. The van der Waals surface area contributed by atoms with Gasteiger partial charge in [-0.1, -0.05) is 35.5 Å². The van der Waals surface area contributed by atoms with Gasteiger partial charge in [0, 0.05) is 28.8 Å². The van der Waals surface area contributed by atoms with Gasteiger partial charge in [0.2, 0.25) is 0 Å². The van der Waals surface area contributed by atoms with Crippen LogP contribution in [0.4, 0.5) is 5.69 Å². The fourth-order valence-corrected chi connectivity index (χ4v) is 2.42. The first-order valence-electron chi connectivity index (χ1n) is 7.41. The fraction of sp³-hybridized carbons (Fsp3) is 0. The van der Waals surface area contributed by atoms with Gasteiger partial charge in [0.05, 0.1) is 10.5 Å². The van der Waals surface area contributed by atoms with E-state index in [1.807, 2.05) is 0 Å². The summed E-state index contributed by atoms with van der Waals surface area (Å²) in [5, 5.41) is 30.1. The number of nitrogens with zero attached hydrogens (tertiary/aromatic N) is 2. The van der Waals surface area contributed by atoms with Gasteiger partial charge in [-0.05, 0) is 6.07 Å². The second-order valence-electron chi connectivity index (χ2n) is 5.47. The first-order chi connectivity index (χ1) is 12.4. The van der Waals surface area contributed by atoms with Gasteiger partial charge >= 0.3 is 0 Å². The van der Waals surface area contributed by atoms with Gasteiger partial charge in [0.1, 0.15) is 17.4 Å². The molecule has 0 radical (unpaired) electrons. The largest absolute Gasteiger partial charge is 0.384 e. The first-order valence-corrected chi connectivity index (χ1v) is 7.41. The van der Waals surface area contributed by atoms with Crippen LogP contribution in [0, 0.1) is 20.9 Å². The maximum Gasteiger partial charge on any atom is 0.281 e. The molecule has 0 bridgehead atoms. The monoisotopic (exact) mass is 350 g/mol.